The lowest BCUT2D eigenvalue weighted by Gasteiger charge is -2.28. The van der Waals surface area contributed by atoms with Crippen molar-refractivity contribution in [2.24, 2.45) is 5.73 Å². The Hall–Kier alpha value is -1.02. The molecule has 1 fully saturated rings. The Morgan fingerprint density at radius 2 is 1.75 bits per heavy atom. The second-order valence-corrected chi connectivity index (χ2v) is 7.09. The first kappa shape index (κ1) is 15.4. The Morgan fingerprint density at radius 3 is 2.45 bits per heavy atom. The molecule has 1 aromatic rings. The van der Waals surface area contributed by atoms with Crippen molar-refractivity contribution in [3.8, 4) is 5.75 Å². The summed E-state index contributed by atoms with van der Waals surface area (Å²) in [5, 5.41) is 0. The minimum atomic E-state index is 0.155. The SMILES string of the molecule is CC(C)(C)c1cccc(OC2CCCCCCC2N)c1. The van der Waals surface area contributed by atoms with Gasteiger partial charge in [-0.15, -0.1) is 0 Å². The molecular weight excluding hydrogens is 246 g/mol. The lowest BCUT2D eigenvalue weighted by Crippen LogP contribution is -2.39. The predicted octanol–water partition coefficient (Wildman–Crippen LogP) is 4.41. The van der Waals surface area contributed by atoms with Gasteiger partial charge in [0.25, 0.3) is 0 Å². The monoisotopic (exact) mass is 275 g/mol. The Labute approximate surface area is 123 Å². The molecule has 0 bridgehead atoms. The van der Waals surface area contributed by atoms with Crippen LogP contribution in [-0.2, 0) is 5.41 Å². The zero-order valence-corrected chi connectivity index (χ0v) is 13.2. The van der Waals surface area contributed by atoms with Crippen LogP contribution in [0.15, 0.2) is 24.3 Å². The van der Waals surface area contributed by atoms with Gasteiger partial charge in [-0.1, -0.05) is 52.2 Å². The first-order chi connectivity index (χ1) is 9.47. The minimum Gasteiger partial charge on any atom is -0.489 e. The molecule has 0 radical (unpaired) electrons. The molecule has 0 aliphatic heterocycles. The van der Waals surface area contributed by atoms with Crippen LogP contribution in [0, 0.1) is 0 Å². The van der Waals surface area contributed by atoms with Crippen molar-refractivity contribution >= 4 is 0 Å². The van der Waals surface area contributed by atoms with E-state index in [0.29, 0.717) is 0 Å². The molecule has 1 saturated carbocycles. The fraction of sp³-hybridized carbons (Fsp3) is 0.667. The third kappa shape index (κ3) is 4.24. The molecule has 1 aromatic carbocycles. The van der Waals surface area contributed by atoms with Crippen LogP contribution in [0.2, 0.25) is 0 Å². The van der Waals surface area contributed by atoms with E-state index in [1.54, 1.807) is 0 Å². The van der Waals surface area contributed by atoms with Crippen LogP contribution < -0.4 is 10.5 Å². The van der Waals surface area contributed by atoms with E-state index in [2.05, 4.69) is 45.0 Å². The summed E-state index contributed by atoms with van der Waals surface area (Å²) in [6.45, 7) is 6.69. The van der Waals surface area contributed by atoms with E-state index in [1.807, 2.05) is 0 Å². The average molecular weight is 275 g/mol. The van der Waals surface area contributed by atoms with E-state index in [1.165, 1.54) is 31.2 Å². The quantitative estimate of drug-likeness (QED) is 0.867. The van der Waals surface area contributed by atoms with Gasteiger partial charge in [-0.05, 0) is 42.4 Å². The molecule has 1 aliphatic rings. The zero-order valence-electron chi connectivity index (χ0n) is 13.2. The summed E-state index contributed by atoms with van der Waals surface area (Å²) in [5.41, 5.74) is 7.76. The van der Waals surface area contributed by atoms with E-state index in [-0.39, 0.29) is 17.6 Å². The van der Waals surface area contributed by atoms with Gasteiger partial charge in [0.15, 0.2) is 0 Å². The summed E-state index contributed by atoms with van der Waals surface area (Å²) in [4.78, 5) is 0. The van der Waals surface area contributed by atoms with Gasteiger partial charge >= 0.3 is 0 Å². The number of ether oxygens (including phenoxy) is 1. The van der Waals surface area contributed by atoms with Gasteiger partial charge < -0.3 is 10.5 Å². The summed E-state index contributed by atoms with van der Waals surface area (Å²) < 4.78 is 6.21. The average Bonchev–Trinajstić information content (AvgIpc) is 2.38. The molecule has 2 nitrogen and oxygen atoms in total. The Kier molecular flexibility index (Phi) is 5.09. The lowest BCUT2D eigenvalue weighted by molar-refractivity contribution is 0.145. The normalized spacial score (nSPS) is 24.8. The molecule has 2 unspecified atom stereocenters. The van der Waals surface area contributed by atoms with Crippen LogP contribution in [0.1, 0.15) is 64.9 Å². The Morgan fingerprint density at radius 1 is 1.05 bits per heavy atom. The molecule has 20 heavy (non-hydrogen) atoms. The molecule has 0 saturated heterocycles. The van der Waals surface area contributed by atoms with Crippen molar-refractivity contribution in [1.29, 1.82) is 0 Å². The maximum atomic E-state index is 6.30. The molecular formula is C18H29NO. The second-order valence-electron chi connectivity index (χ2n) is 7.09. The molecule has 0 aromatic heterocycles. The minimum absolute atomic E-state index is 0.155. The van der Waals surface area contributed by atoms with Gasteiger partial charge in [-0.2, -0.15) is 0 Å². The van der Waals surface area contributed by atoms with Crippen molar-refractivity contribution in [3.63, 3.8) is 0 Å². The molecule has 0 amide bonds. The van der Waals surface area contributed by atoms with Crippen LogP contribution in [-0.4, -0.2) is 12.1 Å². The summed E-state index contributed by atoms with van der Waals surface area (Å²) in [6.07, 6.45) is 7.45. The Bertz CT molecular complexity index is 422. The fourth-order valence-electron chi connectivity index (χ4n) is 2.84. The van der Waals surface area contributed by atoms with Crippen LogP contribution >= 0.6 is 0 Å². The highest BCUT2D eigenvalue weighted by molar-refractivity contribution is 5.32. The number of hydrogen-bond donors (Lipinski definition) is 1. The number of benzene rings is 1. The number of rotatable bonds is 2. The van der Waals surface area contributed by atoms with E-state index >= 15 is 0 Å². The molecule has 2 heteroatoms. The zero-order chi connectivity index (χ0) is 14.6. The van der Waals surface area contributed by atoms with Crippen molar-refractivity contribution in [1.82, 2.24) is 0 Å². The van der Waals surface area contributed by atoms with E-state index in [4.69, 9.17) is 10.5 Å². The molecule has 0 heterocycles. The van der Waals surface area contributed by atoms with Gasteiger partial charge in [0.2, 0.25) is 0 Å². The van der Waals surface area contributed by atoms with Crippen molar-refractivity contribution < 1.29 is 4.74 Å². The van der Waals surface area contributed by atoms with Gasteiger partial charge in [-0.25, -0.2) is 0 Å². The summed E-state index contributed by atoms with van der Waals surface area (Å²) in [5.74, 6) is 0.971. The standard InChI is InChI=1S/C18H29NO/c1-18(2,3)14-9-8-10-15(13-14)20-17-12-7-5-4-6-11-16(17)19/h8-10,13,16-17H,4-7,11-12,19H2,1-3H3. The summed E-state index contributed by atoms with van der Waals surface area (Å²) in [6, 6.07) is 8.66. The first-order valence-electron chi connectivity index (χ1n) is 7.99. The van der Waals surface area contributed by atoms with Gasteiger partial charge in [-0.3, -0.25) is 0 Å². The van der Waals surface area contributed by atoms with Crippen LogP contribution in [0.3, 0.4) is 0 Å². The van der Waals surface area contributed by atoms with Gasteiger partial charge in [0.05, 0.1) is 0 Å². The smallest absolute Gasteiger partial charge is 0.120 e. The van der Waals surface area contributed by atoms with Crippen molar-refractivity contribution in [2.45, 2.75) is 76.9 Å². The van der Waals surface area contributed by atoms with Gasteiger partial charge in [0.1, 0.15) is 11.9 Å². The van der Waals surface area contributed by atoms with E-state index in [0.717, 1.165) is 18.6 Å². The summed E-state index contributed by atoms with van der Waals surface area (Å²) in [7, 11) is 0. The molecule has 112 valence electrons. The van der Waals surface area contributed by atoms with Crippen LogP contribution in [0.5, 0.6) is 5.75 Å². The number of nitrogens with two attached hydrogens (primary N) is 1. The lowest BCUT2D eigenvalue weighted by atomic mass is 9.87. The molecule has 1 aliphatic carbocycles. The highest BCUT2D eigenvalue weighted by Crippen LogP contribution is 2.27. The largest absolute Gasteiger partial charge is 0.489 e. The first-order valence-corrected chi connectivity index (χ1v) is 7.99. The molecule has 2 N–H and O–H groups in total. The van der Waals surface area contributed by atoms with Crippen LogP contribution in [0.25, 0.3) is 0 Å². The highest BCUT2D eigenvalue weighted by atomic mass is 16.5. The second kappa shape index (κ2) is 6.62. The maximum Gasteiger partial charge on any atom is 0.120 e. The van der Waals surface area contributed by atoms with Crippen molar-refractivity contribution in [2.75, 3.05) is 0 Å². The number of hydrogen-bond acceptors (Lipinski definition) is 2. The highest BCUT2D eigenvalue weighted by Gasteiger charge is 2.22. The molecule has 2 atom stereocenters. The van der Waals surface area contributed by atoms with E-state index in [9.17, 15) is 0 Å². The fourth-order valence-corrected chi connectivity index (χ4v) is 2.84. The van der Waals surface area contributed by atoms with E-state index < -0.39 is 0 Å². The Balaban J connectivity index is 2.07. The molecule has 0 spiro atoms. The maximum absolute atomic E-state index is 6.30. The molecule has 2 rings (SSSR count). The topological polar surface area (TPSA) is 35.2 Å². The predicted molar refractivity (Wildman–Crippen MR) is 85.2 cm³/mol. The van der Waals surface area contributed by atoms with Crippen molar-refractivity contribution in [3.05, 3.63) is 29.8 Å². The third-order valence-corrected chi connectivity index (χ3v) is 4.24. The van der Waals surface area contributed by atoms with Crippen LogP contribution in [0.4, 0.5) is 0 Å². The van der Waals surface area contributed by atoms with Gasteiger partial charge in [0, 0.05) is 6.04 Å². The summed E-state index contributed by atoms with van der Waals surface area (Å²) >= 11 is 0. The third-order valence-electron chi connectivity index (χ3n) is 4.24.